The average Bonchev–Trinajstić information content (AvgIpc) is 2.22. The Balaban J connectivity index is 2.12. The third-order valence-corrected chi connectivity index (χ3v) is 3.66. The van der Waals surface area contributed by atoms with Crippen molar-refractivity contribution in [3.63, 3.8) is 0 Å². The fourth-order valence-electron chi connectivity index (χ4n) is 1.92. The highest BCUT2D eigenvalue weighted by molar-refractivity contribution is 6.21. The highest BCUT2D eigenvalue weighted by Gasteiger charge is 2.24. The van der Waals surface area contributed by atoms with Crippen LogP contribution < -0.4 is 4.90 Å². The van der Waals surface area contributed by atoms with E-state index in [2.05, 4.69) is 29.8 Å². The molecule has 2 heterocycles. The summed E-state index contributed by atoms with van der Waals surface area (Å²) in [6.45, 7) is 6.30. The van der Waals surface area contributed by atoms with Crippen LogP contribution in [0.5, 0.6) is 0 Å². The van der Waals surface area contributed by atoms with Gasteiger partial charge in [0.25, 0.3) is 0 Å². The molecule has 0 N–H and O–H groups in total. The van der Waals surface area contributed by atoms with Crippen LogP contribution in [0.3, 0.4) is 0 Å². The molecule has 2 rings (SSSR count). The first kappa shape index (κ1) is 10.7. The molecule has 0 spiro atoms. The number of aryl methyl sites for hydroxylation is 1. The molecule has 15 heavy (non-hydrogen) atoms. The lowest BCUT2D eigenvalue weighted by Crippen LogP contribution is -2.40. The zero-order valence-electron chi connectivity index (χ0n) is 9.28. The molecule has 2 atom stereocenters. The fourth-order valence-corrected chi connectivity index (χ4v) is 2.22. The van der Waals surface area contributed by atoms with Crippen LogP contribution in [0.15, 0.2) is 18.3 Å². The van der Waals surface area contributed by atoms with E-state index in [-0.39, 0.29) is 5.38 Å². The molecule has 82 valence electrons. The predicted octanol–water partition coefficient (Wildman–Crippen LogP) is 2.84. The van der Waals surface area contributed by atoms with Gasteiger partial charge in [-0.25, -0.2) is 4.98 Å². The van der Waals surface area contributed by atoms with Crippen molar-refractivity contribution in [1.29, 1.82) is 0 Å². The molecule has 0 saturated carbocycles. The highest BCUT2D eigenvalue weighted by Crippen LogP contribution is 2.25. The summed E-state index contributed by atoms with van der Waals surface area (Å²) in [5.41, 5.74) is 1.25. The zero-order chi connectivity index (χ0) is 10.8. The molecule has 1 aromatic heterocycles. The van der Waals surface area contributed by atoms with Crippen LogP contribution in [0.2, 0.25) is 0 Å². The summed E-state index contributed by atoms with van der Waals surface area (Å²) in [5, 5.41) is 0.251. The van der Waals surface area contributed by atoms with Crippen molar-refractivity contribution in [3.05, 3.63) is 23.9 Å². The smallest absolute Gasteiger partial charge is 0.128 e. The van der Waals surface area contributed by atoms with Gasteiger partial charge in [0.2, 0.25) is 0 Å². The number of anilines is 1. The number of hydrogen-bond acceptors (Lipinski definition) is 2. The van der Waals surface area contributed by atoms with Gasteiger partial charge in [0.1, 0.15) is 5.82 Å². The van der Waals surface area contributed by atoms with Gasteiger partial charge in [0.05, 0.1) is 5.38 Å². The number of nitrogens with zero attached hydrogens (tertiary/aromatic N) is 2. The first-order valence-electron chi connectivity index (χ1n) is 5.48. The lowest BCUT2D eigenvalue weighted by Gasteiger charge is -2.34. The van der Waals surface area contributed by atoms with Gasteiger partial charge in [0, 0.05) is 19.3 Å². The highest BCUT2D eigenvalue weighted by atomic mass is 35.5. The molecule has 2 unspecified atom stereocenters. The van der Waals surface area contributed by atoms with Crippen molar-refractivity contribution >= 4 is 17.4 Å². The van der Waals surface area contributed by atoms with Crippen molar-refractivity contribution in [3.8, 4) is 0 Å². The lowest BCUT2D eigenvalue weighted by atomic mass is 9.98. The van der Waals surface area contributed by atoms with Gasteiger partial charge in [-0.1, -0.05) is 6.92 Å². The minimum atomic E-state index is 0.251. The van der Waals surface area contributed by atoms with Gasteiger partial charge >= 0.3 is 0 Å². The second kappa shape index (κ2) is 4.40. The lowest BCUT2D eigenvalue weighted by molar-refractivity contribution is 0.444. The molecule has 0 aromatic carbocycles. The largest absolute Gasteiger partial charge is 0.355 e. The molecule has 1 saturated heterocycles. The maximum absolute atomic E-state index is 6.28. The van der Waals surface area contributed by atoms with Crippen LogP contribution in [0.1, 0.15) is 18.9 Å². The van der Waals surface area contributed by atoms with E-state index in [1.807, 2.05) is 12.3 Å². The Labute approximate surface area is 96.3 Å². The van der Waals surface area contributed by atoms with E-state index < -0.39 is 0 Å². The molecular weight excluding hydrogens is 208 g/mol. The van der Waals surface area contributed by atoms with Crippen LogP contribution in [0, 0.1) is 12.8 Å². The third-order valence-electron chi connectivity index (χ3n) is 3.09. The normalized spacial score (nSPS) is 26.7. The summed E-state index contributed by atoms with van der Waals surface area (Å²) < 4.78 is 0. The SMILES string of the molecule is Cc1ccnc(N2CCC(C)C(Cl)C2)c1. The van der Waals surface area contributed by atoms with Gasteiger partial charge in [-0.05, 0) is 37.0 Å². The van der Waals surface area contributed by atoms with Crippen molar-refractivity contribution in [2.24, 2.45) is 5.92 Å². The van der Waals surface area contributed by atoms with E-state index in [1.54, 1.807) is 0 Å². The number of piperidine rings is 1. The summed E-state index contributed by atoms with van der Waals surface area (Å²) in [6, 6.07) is 4.15. The number of alkyl halides is 1. The van der Waals surface area contributed by atoms with Crippen LogP contribution in [-0.4, -0.2) is 23.5 Å². The van der Waals surface area contributed by atoms with Gasteiger partial charge in [-0.2, -0.15) is 0 Å². The van der Waals surface area contributed by atoms with E-state index >= 15 is 0 Å². The average molecular weight is 225 g/mol. The molecule has 0 aliphatic carbocycles. The Morgan fingerprint density at radius 1 is 1.53 bits per heavy atom. The summed E-state index contributed by atoms with van der Waals surface area (Å²) in [6.07, 6.45) is 3.02. The van der Waals surface area contributed by atoms with E-state index in [1.165, 1.54) is 5.56 Å². The Morgan fingerprint density at radius 3 is 3.00 bits per heavy atom. The van der Waals surface area contributed by atoms with E-state index in [9.17, 15) is 0 Å². The zero-order valence-corrected chi connectivity index (χ0v) is 10.0. The molecule has 0 amide bonds. The molecule has 3 heteroatoms. The molecule has 1 fully saturated rings. The van der Waals surface area contributed by atoms with Crippen molar-refractivity contribution in [2.75, 3.05) is 18.0 Å². The van der Waals surface area contributed by atoms with Gasteiger partial charge in [-0.3, -0.25) is 0 Å². The summed E-state index contributed by atoms with van der Waals surface area (Å²) in [7, 11) is 0. The van der Waals surface area contributed by atoms with Crippen LogP contribution in [0.4, 0.5) is 5.82 Å². The summed E-state index contributed by atoms with van der Waals surface area (Å²) >= 11 is 6.28. The quantitative estimate of drug-likeness (QED) is 0.682. The van der Waals surface area contributed by atoms with E-state index in [4.69, 9.17) is 11.6 Å². The molecule has 1 aliphatic rings. The molecule has 1 aromatic rings. The van der Waals surface area contributed by atoms with Crippen LogP contribution >= 0.6 is 11.6 Å². The number of halogens is 1. The van der Waals surface area contributed by atoms with Crippen molar-refractivity contribution < 1.29 is 0 Å². The number of hydrogen-bond donors (Lipinski definition) is 0. The Hall–Kier alpha value is -0.760. The number of rotatable bonds is 1. The van der Waals surface area contributed by atoms with E-state index in [0.29, 0.717) is 5.92 Å². The van der Waals surface area contributed by atoms with Crippen molar-refractivity contribution in [2.45, 2.75) is 25.6 Å². The molecular formula is C12H17ClN2. The van der Waals surface area contributed by atoms with Gasteiger partial charge in [-0.15, -0.1) is 11.6 Å². The number of pyridine rings is 1. The summed E-state index contributed by atoms with van der Waals surface area (Å²) in [5.74, 6) is 1.68. The minimum Gasteiger partial charge on any atom is -0.355 e. The standard InChI is InChI=1S/C12H17ClN2/c1-9-3-5-14-12(7-9)15-6-4-10(2)11(13)8-15/h3,5,7,10-11H,4,6,8H2,1-2H3. The van der Waals surface area contributed by atoms with Gasteiger partial charge in [0.15, 0.2) is 0 Å². The fraction of sp³-hybridized carbons (Fsp3) is 0.583. The predicted molar refractivity (Wildman–Crippen MR) is 64.6 cm³/mol. The Bertz CT molecular complexity index is 340. The molecule has 2 nitrogen and oxygen atoms in total. The first-order valence-corrected chi connectivity index (χ1v) is 5.92. The first-order chi connectivity index (χ1) is 7.16. The Morgan fingerprint density at radius 2 is 2.33 bits per heavy atom. The third kappa shape index (κ3) is 2.43. The maximum Gasteiger partial charge on any atom is 0.128 e. The second-order valence-electron chi connectivity index (χ2n) is 4.42. The molecule has 0 radical (unpaired) electrons. The molecule has 1 aliphatic heterocycles. The Kier molecular flexibility index (Phi) is 3.15. The monoisotopic (exact) mass is 224 g/mol. The number of aromatic nitrogens is 1. The minimum absolute atomic E-state index is 0.251. The summed E-state index contributed by atoms with van der Waals surface area (Å²) in [4.78, 5) is 6.67. The molecule has 0 bridgehead atoms. The van der Waals surface area contributed by atoms with Crippen LogP contribution in [0.25, 0.3) is 0 Å². The second-order valence-corrected chi connectivity index (χ2v) is 4.98. The van der Waals surface area contributed by atoms with E-state index in [0.717, 1.165) is 25.3 Å². The maximum atomic E-state index is 6.28. The van der Waals surface area contributed by atoms with Crippen molar-refractivity contribution in [1.82, 2.24) is 4.98 Å². The van der Waals surface area contributed by atoms with Gasteiger partial charge < -0.3 is 4.90 Å². The van der Waals surface area contributed by atoms with Crippen LogP contribution in [-0.2, 0) is 0 Å². The topological polar surface area (TPSA) is 16.1 Å².